The highest BCUT2D eigenvalue weighted by Crippen LogP contribution is 2.32. The van der Waals surface area contributed by atoms with Gasteiger partial charge in [0.1, 0.15) is 30.0 Å². The molecule has 5 rings (SSSR count). The molecule has 0 aromatic heterocycles. The topological polar surface area (TPSA) is 114 Å². The van der Waals surface area contributed by atoms with Gasteiger partial charge in [0.05, 0.1) is 51.8 Å². The van der Waals surface area contributed by atoms with Crippen LogP contribution < -0.4 is 5.32 Å². The van der Waals surface area contributed by atoms with Crippen LogP contribution in [0.15, 0.2) is 134 Å². The van der Waals surface area contributed by atoms with E-state index < -0.39 is 54.5 Å². The van der Waals surface area contributed by atoms with Gasteiger partial charge in [-0.05, 0) is 43.0 Å². The first-order chi connectivity index (χ1) is 26.2. The normalized spacial score (nSPS) is 21.1. The van der Waals surface area contributed by atoms with E-state index in [1.54, 1.807) is 20.8 Å². The van der Waals surface area contributed by atoms with Crippen LogP contribution in [-0.4, -0.2) is 72.9 Å². The van der Waals surface area contributed by atoms with Crippen molar-refractivity contribution in [1.82, 2.24) is 5.32 Å². The Morgan fingerprint density at radius 3 is 1.61 bits per heavy atom. The lowest BCUT2D eigenvalue weighted by atomic mass is 9.97. The van der Waals surface area contributed by atoms with Gasteiger partial charge in [-0.1, -0.05) is 127 Å². The standard InChI is InChI=1S/C44H53NO9/c1-5-37(46)36(45-43(47)54-44(2,3)4)30-52-42-41(51-29-35-24-16-9-17-25-35)40(50-28-34-22-14-8-15-23-34)39(49-27-33-20-12-7-13-21-33)38(53-42)31-48-26-32-18-10-6-11-19-32/h5-25,36-42,46H,1,26-31H2,2-4H3,(H,45,47)/t36-,37+,38?,39-,40+,41?,42-/m0/s1. The van der Waals surface area contributed by atoms with Crippen molar-refractivity contribution in [3.8, 4) is 0 Å². The van der Waals surface area contributed by atoms with E-state index in [9.17, 15) is 9.90 Å². The largest absolute Gasteiger partial charge is 0.444 e. The Kier molecular flexibility index (Phi) is 15.8. The van der Waals surface area contributed by atoms with Crippen molar-refractivity contribution in [2.75, 3.05) is 13.2 Å². The van der Waals surface area contributed by atoms with Gasteiger partial charge in [-0.25, -0.2) is 4.79 Å². The van der Waals surface area contributed by atoms with Crippen molar-refractivity contribution in [3.05, 3.63) is 156 Å². The van der Waals surface area contributed by atoms with Crippen LogP contribution >= 0.6 is 0 Å². The van der Waals surface area contributed by atoms with Gasteiger partial charge >= 0.3 is 6.09 Å². The monoisotopic (exact) mass is 739 g/mol. The summed E-state index contributed by atoms with van der Waals surface area (Å²) in [6.07, 6.45) is -4.40. The van der Waals surface area contributed by atoms with E-state index in [-0.39, 0.29) is 26.4 Å². The van der Waals surface area contributed by atoms with Gasteiger partial charge in [0.2, 0.25) is 0 Å². The van der Waals surface area contributed by atoms with Gasteiger partial charge in [0, 0.05) is 0 Å². The molecule has 288 valence electrons. The quantitative estimate of drug-likeness (QED) is 0.0970. The molecule has 1 aliphatic heterocycles. The zero-order chi connectivity index (χ0) is 38.2. The maximum Gasteiger partial charge on any atom is 0.408 e. The average Bonchev–Trinajstić information content (AvgIpc) is 3.18. The number of carbonyl (C=O) groups excluding carboxylic acids is 1. The number of rotatable bonds is 19. The van der Waals surface area contributed by atoms with Crippen LogP contribution in [-0.2, 0) is 59.6 Å². The maximum atomic E-state index is 12.8. The van der Waals surface area contributed by atoms with Gasteiger partial charge in [-0.15, -0.1) is 6.58 Å². The lowest BCUT2D eigenvalue weighted by molar-refractivity contribution is -0.329. The number of ether oxygens (including phenoxy) is 7. The zero-order valence-electron chi connectivity index (χ0n) is 31.3. The minimum atomic E-state index is -1.15. The number of aliphatic hydroxyl groups excluding tert-OH is 1. The minimum absolute atomic E-state index is 0.152. The molecule has 2 unspecified atom stereocenters. The molecule has 4 aromatic rings. The number of nitrogens with one attached hydrogen (secondary N) is 1. The summed E-state index contributed by atoms with van der Waals surface area (Å²) in [6.45, 7) is 10.1. The van der Waals surface area contributed by atoms with Crippen LogP contribution in [0.2, 0.25) is 0 Å². The molecule has 1 saturated heterocycles. The molecule has 54 heavy (non-hydrogen) atoms. The maximum absolute atomic E-state index is 12.8. The third-order valence-electron chi connectivity index (χ3n) is 8.64. The third-order valence-corrected chi connectivity index (χ3v) is 8.64. The van der Waals surface area contributed by atoms with E-state index in [0.717, 1.165) is 22.3 Å². The predicted octanol–water partition coefficient (Wildman–Crippen LogP) is 7.14. The number of aliphatic hydroxyl groups is 1. The smallest absolute Gasteiger partial charge is 0.408 e. The fourth-order valence-corrected chi connectivity index (χ4v) is 5.93. The van der Waals surface area contributed by atoms with Gasteiger partial charge in [-0.3, -0.25) is 0 Å². The number of alkyl carbamates (subject to hydrolysis) is 1. The summed E-state index contributed by atoms with van der Waals surface area (Å²) in [7, 11) is 0. The molecule has 7 atom stereocenters. The summed E-state index contributed by atoms with van der Waals surface area (Å²) >= 11 is 0. The lowest BCUT2D eigenvalue weighted by Crippen LogP contribution is -2.62. The second-order valence-corrected chi connectivity index (χ2v) is 14.1. The van der Waals surface area contributed by atoms with Crippen molar-refractivity contribution < 1.29 is 43.1 Å². The zero-order valence-corrected chi connectivity index (χ0v) is 31.3. The highest BCUT2D eigenvalue weighted by Gasteiger charge is 2.49. The lowest BCUT2D eigenvalue weighted by Gasteiger charge is -2.46. The molecule has 0 saturated carbocycles. The summed E-state index contributed by atoms with van der Waals surface area (Å²) in [5.74, 6) is 0. The molecule has 10 heteroatoms. The molecule has 1 aliphatic rings. The van der Waals surface area contributed by atoms with E-state index >= 15 is 0 Å². The van der Waals surface area contributed by atoms with Crippen molar-refractivity contribution in [1.29, 1.82) is 0 Å². The molecule has 1 fully saturated rings. The first-order valence-electron chi connectivity index (χ1n) is 18.3. The molecule has 0 radical (unpaired) electrons. The van der Waals surface area contributed by atoms with Crippen molar-refractivity contribution in [2.24, 2.45) is 0 Å². The number of amides is 1. The Labute approximate surface area is 319 Å². The highest BCUT2D eigenvalue weighted by molar-refractivity contribution is 5.68. The summed E-state index contributed by atoms with van der Waals surface area (Å²) in [4.78, 5) is 12.8. The van der Waals surface area contributed by atoms with E-state index in [0.29, 0.717) is 13.2 Å². The molecule has 0 aliphatic carbocycles. The van der Waals surface area contributed by atoms with Crippen LogP contribution in [0.25, 0.3) is 0 Å². The summed E-state index contributed by atoms with van der Waals surface area (Å²) in [5, 5.41) is 13.6. The second kappa shape index (κ2) is 20.9. The molecular weight excluding hydrogens is 686 g/mol. The predicted molar refractivity (Wildman–Crippen MR) is 205 cm³/mol. The molecule has 4 aromatic carbocycles. The second-order valence-electron chi connectivity index (χ2n) is 14.1. The Hall–Kier alpha value is -4.39. The molecule has 10 nitrogen and oxygen atoms in total. The fraction of sp³-hybridized carbons (Fsp3) is 0.386. The molecule has 0 spiro atoms. The van der Waals surface area contributed by atoms with Gasteiger partial charge in [0.25, 0.3) is 0 Å². The SMILES string of the molecule is C=C[C@@H](O)[C@H](CO[C@H]1OC(COCc2ccccc2)[C@H](OCc2ccccc2)[C@@H](OCc2ccccc2)C1OCc1ccccc1)NC(=O)OC(C)(C)C. The van der Waals surface area contributed by atoms with Crippen LogP contribution in [0.4, 0.5) is 4.79 Å². The first-order valence-corrected chi connectivity index (χ1v) is 18.3. The van der Waals surface area contributed by atoms with Gasteiger partial charge in [0.15, 0.2) is 6.29 Å². The number of hydrogen-bond donors (Lipinski definition) is 2. The van der Waals surface area contributed by atoms with Gasteiger partial charge in [-0.2, -0.15) is 0 Å². The molecule has 0 bridgehead atoms. The third kappa shape index (κ3) is 13.2. The Bertz CT molecular complexity index is 1650. The average molecular weight is 740 g/mol. The number of hydrogen-bond acceptors (Lipinski definition) is 9. The highest BCUT2D eigenvalue weighted by atomic mass is 16.7. The summed E-state index contributed by atoms with van der Waals surface area (Å²) in [6, 6.07) is 38.5. The summed E-state index contributed by atoms with van der Waals surface area (Å²) < 4.78 is 45.1. The summed E-state index contributed by atoms with van der Waals surface area (Å²) in [5.41, 5.74) is 3.16. The minimum Gasteiger partial charge on any atom is -0.444 e. The van der Waals surface area contributed by atoms with Crippen LogP contribution in [0.5, 0.6) is 0 Å². The molecular formula is C44H53NO9. The van der Waals surface area contributed by atoms with Crippen LogP contribution in [0.1, 0.15) is 43.0 Å². The van der Waals surface area contributed by atoms with Crippen LogP contribution in [0.3, 0.4) is 0 Å². The van der Waals surface area contributed by atoms with Crippen molar-refractivity contribution in [3.63, 3.8) is 0 Å². The fourth-order valence-electron chi connectivity index (χ4n) is 5.93. The van der Waals surface area contributed by atoms with E-state index in [4.69, 9.17) is 33.2 Å². The van der Waals surface area contributed by atoms with E-state index in [1.165, 1.54) is 6.08 Å². The van der Waals surface area contributed by atoms with Crippen molar-refractivity contribution >= 4 is 6.09 Å². The molecule has 2 N–H and O–H groups in total. The Morgan fingerprint density at radius 1 is 0.704 bits per heavy atom. The van der Waals surface area contributed by atoms with Gasteiger partial charge < -0.3 is 43.6 Å². The number of carbonyl (C=O) groups is 1. The van der Waals surface area contributed by atoms with E-state index in [2.05, 4.69) is 11.9 Å². The first kappa shape index (κ1) is 40.8. The van der Waals surface area contributed by atoms with Crippen molar-refractivity contribution in [2.45, 2.75) is 95.7 Å². The van der Waals surface area contributed by atoms with Crippen LogP contribution in [0, 0.1) is 0 Å². The van der Waals surface area contributed by atoms with E-state index in [1.807, 2.05) is 121 Å². The molecule has 1 amide bonds. The number of benzene rings is 4. The Balaban J connectivity index is 1.46. The Morgan fingerprint density at radius 2 is 1.15 bits per heavy atom. The molecule has 1 heterocycles.